The van der Waals surface area contributed by atoms with Gasteiger partial charge in [0.15, 0.2) is 0 Å². The minimum Gasteiger partial charge on any atom is -0.339 e. The van der Waals surface area contributed by atoms with Gasteiger partial charge < -0.3 is 10.6 Å². The van der Waals surface area contributed by atoms with Crippen LogP contribution >= 0.6 is 0 Å². The minimum absolute atomic E-state index is 0.0437. The summed E-state index contributed by atoms with van der Waals surface area (Å²) in [6, 6.07) is -0.634. The Morgan fingerprint density at radius 1 is 1.35 bits per heavy atom. The standard InChI is InChI=1S/C11H24N2O3S/c1-5-7-13(9(2)3)11(14)10(12)6-8-17(4,15)16/h9-10H,5-8,12H2,1-4H3. The van der Waals surface area contributed by atoms with Crippen LogP contribution in [0.3, 0.4) is 0 Å². The SMILES string of the molecule is CCCN(C(=O)C(N)CCS(C)(=O)=O)C(C)C. The third kappa shape index (κ3) is 6.63. The molecule has 0 heterocycles. The number of hydrogen-bond donors (Lipinski definition) is 1. The van der Waals surface area contributed by atoms with E-state index in [1.807, 2.05) is 20.8 Å². The van der Waals surface area contributed by atoms with Crippen molar-refractivity contribution in [3.05, 3.63) is 0 Å². The van der Waals surface area contributed by atoms with Crippen LogP contribution in [0.4, 0.5) is 0 Å². The van der Waals surface area contributed by atoms with Gasteiger partial charge in [0.1, 0.15) is 9.84 Å². The molecule has 0 saturated heterocycles. The molecule has 0 aromatic rings. The molecule has 6 heteroatoms. The summed E-state index contributed by atoms with van der Waals surface area (Å²) in [5.41, 5.74) is 5.74. The maximum Gasteiger partial charge on any atom is 0.239 e. The second-order valence-electron chi connectivity index (χ2n) is 4.65. The van der Waals surface area contributed by atoms with Crippen molar-refractivity contribution in [3.63, 3.8) is 0 Å². The average Bonchev–Trinajstić information content (AvgIpc) is 2.20. The molecule has 0 radical (unpaired) electrons. The molecule has 5 nitrogen and oxygen atoms in total. The van der Waals surface area contributed by atoms with Crippen LogP contribution < -0.4 is 5.73 Å². The van der Waals surface area contributed by atoms with E-state index in [2.05, 4.69) is 0 Å². The Morgan fingerprint density at radius 2 is 1.88 bits per heavy atom. The lowest BCUT2D eigenvalue weighted by Crippen LogP contribution is -2.47. The molecule has 17 heavy (non-hydrogen) atoms. The van der Waals surface area contributed by atoms with Crippen molar-refractivity contribution in [2.75, 3.05) is 18.6 Å². The summed E-state index contributed by atoms with van der Waals surface area (Å²) in [5.74, 6) is -0.205. The van der Waals surface area contributed by atoms with Crippen molar-refractivity contribution in [3.8, 4) is 0 Å². The molecule has 0 aliphatic rings. The van der Waals surface area contributed by atoms with E-state index in [0.29, 0.717) is 6.54 Å². The molecule has 0 aliphatic carbocycles. The van der Waals surface area contributed by atoms with E-state index >= 15 is 0 Å². The first kappa shape index (κ1) is 16.4. The molecular formula is C11H24N2O3S. The minimum atomic E-state index is -3.06. The Balaban J connectivity index is 4.45. The number of carbonyl (C=O) groups is 1. The van der Waals surface area contributed by atoms with Crippen LogP contribution in [0.15, 0.2) is 0 Å². The Bertz CT molecular complexity index is 339. The summed E-state index contributed by atoms with van der Waals surface area (Å²) in [4.78, 5) is 13.7. The summed E-state index contributed by atoms with van der Waals surface area (Å²) < 4.78 is 22.0. The number of carbonyl (C=O) groups excluding carboxylic acids is 1. The van der Waals surface area contributed by atoms with E-state index in [9.17, 15) is 13.2 Å². The van der Waals surface area contributed by atoms with Crippen molar-refractivity contribution in [2.45, 2.75) is 45.7 Å². The molecule has 2 N–H and O–H groups in total. The predicted octanol–water partition coefficient (Wildman–Crippen LogP) is 0.395. The lowest BCUT2D eigenvalue weighted by molar-refractivity contribution is -0.134. The molecule has 1 unspecified atom stereocenters. The van der Waals surface area contributed by atoms with Crippen LogP contribution in [-0.2, 0) is 14.6 Å². The van der Waals surface area contributed by atoms with Gasteiger partial charge in [-0.05, 0) is 26.7 Å². The molecule has 0 aliphatic heterocycles. The zero-order valence-corrected chi connectivity index (χ0v) is 12.0. The quantitative estimate of drug-likeness (QED) is 0.721. The van der Waals surface area contributed by atoms with Crippen molar-refractivity contribution in [1.29, 1.82) is 0 Å². The van der Waals surface area contributed by atoms with Gasteiger partial charge in [-0.3, -0.25) is 4.79 Å². The van der Waals surface area contributed by atoms with Gasteiger partial charge in [0, 0.05) is 18.8 Å². The summed E-state index contributed by atoms with van der Waals surface area (Å²) in [5, 5.41) is 0. The predicted molar refractivity (Wildman–Crippen MR) is 69.4 cm³/mol. The third-order valence-electron chi connectivity index (χ3n) is 2.49. The normalized spacial score (nSPS) is 13.8. The smallest absolute Gasteiger partial charge is 0.239 e. The van der Waals surface area contributed by atoms with Crippen LogP contribution in [0.2, 0.25) is 0 Å². The molecule has 0 aromatic carbocycles. The highest BCUT2D eigenvalue weighted by Crippen LogP contribution is 2.05. The maximum atomic E-state index is 12.0. The van der Waals surface area contributed by atoms with E-state index in [1.54, 1.807) is 4.90 Å². The van der Waals surface area contributed by atoms with E-state index in [1.165, 1.54) is 0 Å². The highest BCUT2D eigenvalue weighted by atomic mass is 32.2. The van der Waals surface area contributed by atoms with Crippen LogP contribution in [0.5, 0.6) is 0 Å². The van der Waals surface area contributed by atoms with Crippen molar-refractivity contribution < 1.29 is 13.2 Å². The number of amides is 1. The molecule has 0 bridgehead atoms. The molecule has 0 fully saturated rings. The molecule has 0 rings (SSSR count). The van der Waals surface area contributed by atoms with Gasteiger partial charge in [0.05, 0.1) is 11.8 Å². The van der Waals surface area contributed by atoms with Gasteiger partial charge in [0.25, 0.3) is 0 Å². The lowest BCUT2D eigenvalue weighted by Gasteiger charge is -2.29. The molecule has 0 saturated carbocycles. The first-order valence-electron chi connectivity index (χ1n) is 5.92. The Labute approximate surface area is 104 Å². The Morgan fingerprint density at radius 3 is 2.24 bits per heavy atom. The Kier molecular flexibility index (Phi) is 6.70. The first-order chi connectivity index (χ1) is 7.69. The highest BCUT2D eigenvalue weighted by Gasteiger charge is 2.23. The molecule has 0 spiro atoms. The van der Waals surface area contributed by atoms with Crippen molar-refractivity contribution >= 4 is 15.7 Å². The second kappa shape index (κ2) is 6.96. The van der Waals surface area contributed by atoms with Crippen LogP contribution in [0.1, 0.15) is 33.6 Å². The average molecular weight is 264 g/mol. The Hall–Kier alpha value is -0.620. The van der Waals surface area contributed by atoms with Crippen LogP contribution in [-0.4, -0.2) is 49.9 Å². The van der Waals surface area contributed by atoms with Gasteiger partial charge in [0.2, 0.25) is 5.91 Å². The fourth-order valence-corrected chi connectivity index (χ4v) is 2.22. The van der Waals surface area contributed by atoms with Crippen LogP contribution in [0.25, 0.3) is 0 Å². The first-order valence-corrected chi connectivity index (χ1v) is 7.98. The lowest BCUT2D eigenvalue weighted by atomic mass is 10.1. The summed E-state index contributed by atoms with van der Waals surface area (Å²) >= 11 is 0. The topological polar surface area (TPSA) is 80.5 Å². The number of nitrogens with zero attached hydrogens (tertiary/aromatic N) is 1. The molecule has 0 aromatic heterocycles. The van der Waals surface area contributed by atoms with Gasteiger partial charge in [-0.15, -0.1) is 0 Å². The molecular weight excluding hydrogens is 240 g/mol. The van der Waals surface area contributed by atoms with Crippen LogP contribution in [0, 0.1) is 0 Å². The van der Waals surface area contributed by atoms with Gasteiger partial charge in [-0.25, -0.2) is 8.42 Å². The maximum absolute atomic E-state index is 12.0. The highest BCUT2D eigenvalue weighted by molar-refractivity contribution is 7.90. The van der Waals surface area contributed by atoms with E-state index < -0.39 is 15.9 Å². The summed E-state index contributed by atoms with van der Waals surface area (Å²) in [6.45, 7) is 6.50. The van der Waals surface area contributed by atoms with Gasteiger partial charge >= 0.3 is 0 Å². The van der Waals surface area contributed by atoms with E-state index in [4.69, 9.17) is 5.73 Å². The summed E-state index contributed by atoms with van der Waals surface area (Å²) in [7, 11) is -3.06. The van der Waals surface area contributed by atoms with E-state index in [0.717, 1.165) is 12.7 Å². The fraction of sp³-hybridized carbons (Fsp3) is 0.909. The van der Waals surface area contributed by atoms with E-state index in [-0.39, 0.29) is 24.1 Å². The van der Waals surface area contributed by atoms with Gasteiger partial charge in [-0.1, -0.05) is 6.92 Å². The molecule has 102 valence electrons. The van der Waals surface area contributed by atoms with Crippen molar-refractivity contribution in [2.24, 2.45) is 5.73 Å². The fourth-order valence-electron chi connectivity index (χ4n) is 1.54. The molecule has 1 amide bonds. The largest absolute Gasteiger partial charge is 0.339 e. The third-order valence-corrected chi connectivity index (χ3v) is 3.47. The zero-order chi connectivity index (χ0) is 13.6. The number of sulfone groups is 1. The molecule has 1 atom stereocenters. The number of rotatable bonds is 7. The van der Waals surface area contributed by atoms with Crippen molar-refractivity contribution in [1.82, 2.24) is 4.90 Å². The monoisotopic (exact) mass is 264 g/mol. The summed E-state index contributed by atoms with van der Waals surface area (Å²) in [6.07, 6.45) is 2.20. The second-order valence-corrected chi connectivity index (χ2v) is 6.91. The number of hydrogen-bond acceptors (Lipinski definition) is 4. The van der Waals surface area contributed by atoms with Gasteiger partial charge in [-0.2, -0.15) is 0 Å². The number of nitrogens with two attached hydrogens (primary N) is 1. The zero-order valence-electron chi connectivity index (χ0n) is 11.1.